The molecule has 10 nitrogen and oxygen atoms in total. The van der Waals surface area contributed by atoms with Gasteiger partial charge >= 0.3 is 0 Å². The van der Waals surface area contributed by atoms with E-state index in [2.05, 4.69) is 14.7 Å². The molecular formula is C16H20N6O4S. The summed E-state index contributed by atoms with van der Waals surface area (Å²) in [6.07, 6.45) is 0.344. The number of para-hydroxylation sites is 2. The molecule has 144 valence electrons. The van der Waals surface area contributed by atoms with Crippen molar-refractivity contribution in [3.05, 3.63) is 42.0 Å². The van der Waals surface area contributed by atoms with Crippen LogP contribution in [0.2, 0.25) is 0 Å². The lowest BCUT2D eigenvalue weighted by Gasteiger charge is -2.30. The van der Waals surface area contributed by atoms with Crippen molar-refractivity contribution in [1.82, 2.24) is 14.7 Å². The van der Waals surface area contributed by atoms with Crippen molar-refractivity contribution >= 4 is 27.3 Å². The fraction of sp³-hybridized carbons (Fsp3) is 0.312. The summed E-state index contributed by atoms with van der Waals surface area (Å²) >= 11 is 0. The van der Waals surface area contributed by atoms with Crippen molar-refractivity contribution in [3.8, 4) is 0 Å². The quantitative estimate of drug-likeness (QED) is 0.722. The van der Waals surface area contributed by atoms with Crippen molar-refractivity contribution in [2.45, 2.75) is 18.0 Å². The Balaban J connectivity index is 2.25. The lowest BCUT2D eigenvalue weighted by molar-refractivity contribution is 0.0975. The number of anilines is 2. The van der Waals surface area contributed by atoms with Gasteiger partial charge in [-0.15, -0.1) is 0 Å². The van der Waals surface area contributed by atoms with Crippen LogP contribution in [0, 0.1) is 0 Å². The highest BCUT2D eigenvalue weighted by atomic mass is 32.2. The van der Waals surface area contributed by atoms with E-state index in [0.717, 1.165) is 17.6 Å². The molecule has 2 aromatic rings. The number of hydroxylamine groups is 1. The largest absolute Gasteiger partial charge is 0.363 e. The van der Waals surface area contributed by atoms with Crippen LogP contribution < -0.4 is 20.4 Å². The summed E-state index contributed by atoms with van der Waals surface area (Å²) in [5.74, 6) is -1.13. The molecule has 1 atom stereocenters. The minimum absolute atomic E-state index is 0.0836. The van der Waals surface area contributed by atoms with Crippen LogP contribution in [-0.4, -0.2) is 45.0 Å². The van der Waals surface area contributed by atoms with E-state index < -0.39 is 22.1 Å². The number of nitrogens with two attached hydrogens (primary N) is 1. The van der Waals surface area contributed by atoms with Crippen LogP contribution in [0.1, 0.15) is 29.4 Å². The number of hydrogen-bond acceptors (Lipinski definition) is 8. The molecule has 2 heterocycles. The Bertz CT molecular complexity index is 981. The third-order valence-corrected chi connectivity index (χ3v) is 5.59. The average molecular weight is 392 g/mol. The van der Waals surface area contributed by atoms with Crippen LogP contribution >= 0.6 is 0 Å². The van der Waals surface area contributed by atoms with Crippen LogP contribution in [0.4, 0.5) is 11.4 Å². The van der Waals surface area contributed by atoms with E-state index in [0.29, 0.717) is 6.61 Å². The zero-order valence-electron chi connectivity index (χ0n) is 15.1. The van der Waals surface area contributed by atoms with Gasteiger partial charge in [-0.1, -0.05) is 12.1 Å². The van der Waals surface area contributed by atoms with Crippen LogP contribution in [0.5, 0.6) is 0 Å². The topological polar surface area (TPSA) is 131 Å². The van der Waals surface area contributed by atoms with Crippen molar-refractivity contribution in [2.75, 3.05) is 30.7 Å². The number of amides is 1. The smallest absolute Gasteiger partial charge is 0.286 e. The summed E-state index contributed by atoms with van der Waals surface area (Å²) in [5.41, 5.74) is 6.95. The zero-order valence-corrected chi connectivity index (χ0v) is 15.9. The van der Waals surface area contributed by atoms with Gasteiger partial charge in [-0.05, 0) is 26.1 Å². The van der Waals surface area contributed by atoms with Gasteiger partial charge in [0.05, 0.1) is 24.2 Å². The fourth-order valence-electron chi connectivity index (χ4n) is 2.95. The molecule has 1 aromatic carbocycles. The Kier molecular flexibility index (Phi) is 5.00. The molecule has 0 saturated carbocycles. The molecule has 0 saturated heterocycles. The predicted molar refractivity (Wildman–Crippen MR) is 98.5 cm³/mol. The first-order valence-corrected chi connectivity index (χ1v) is 9.64. The van der Waals surface area contributed by atoms with Crippen molar-refractivity contribution < 1.29 is 18.0 Å². The first-order chi connectivity index (χ1) is 12.8. The first kappa shape index (κ1) is 19.0. The number of carbonyl (C=O) groups excluding carboxylic acids is 1. The van der Waals surface area contributed by atoms with Crippen LogP contribution in [0.3, 0.4) is 0 Å². The molecule has 0 fully saturated rings. The number of benzene rings is 1. The maximum Gasteiger partial charge on any atom is 0.286 e. The second-order valence-corrected chi connectivity index (χ2v) is 7.59. The fourth-order valence-corrected chi connectivity index (χ4v) is 3.79. The summed E-state index contributed by atoms with van der Waals surface area (Å²) in [4.78, 5) is 27.0. The van der Waals surface area contributed by atoms with E-state index in [1.165, 1.54) is 7.05 Å². The van der Waals surface area contributed by atoms with Gasteiger partial charge in [0.15, 0.2) is 6.17 Å². The number of primary amides is 1. The Hall–Kier alpha value is -2.76. The van der Waals surface area contributed by atoms with E-state index in [4.69, 9.17) is 10.6 Å². The number of rotatable bonds is 6. The van der Waals surface area contributed by atoms with E-state index in [9.17, 15) is 13.2 Å². The minimum Gasteiger partial charge on any atom is -0.363 e. The molecule has 0 aliphatic carbocycles. The molecule has 1 aromatic heterocycles. The highest BCUT2D eigenvalue weighted by Gasteiger charge is 2.40. The Morgan fingerprint density at radius 3 is 2.59 bits per heavy atom. The minimum atomic E-state index is -3.89. The number of carbonyl (C=O) groups is 1. The van der Waals surface area contributed by atoms with Gasteiger partial charge in [0.25, 0.3) is 5.91 Å². The monoisotopic (exact) mass is 392 g/mol. The SMILES string of the molecule is CCON1c2ccccc2N(C)C1c1nc(C(N)=O)ncc1S(=O)(=O)NC. The van der Waals surface area contributed by atoms with Crippen LogP contribution in [-0.2, 0) is 14.9 Å². The average Bonchev–Trinajstić information content (AvgIpc) is 2.94. The molecule has 1 aliphatic heterocycles. The molecule has 1 amide bonds. The third kappa shape index (κ3) is 3.20. The first-order valence-electron chi connectivity index (χ1n) is 8.16. The standard InChI is InChI=1S/C16H20N6O4S/c1-4-26-22-11-8-6-5-7-10(11)21(3)16(22)13-12(27(24,25)18-2)9-19-15(20-13)14(17)23/h5-9,16,18H,4H2,1-3H3,(H2,17,23). The normalized spacial score (nSPS) is 16.5. The molecule has 3 rings (SSSR count). The lowest BCUT2D eigenvalue weighted by Crippen LogP contribution is -2.37. The van der Waals surface area contributed by atoms with Crippen LogP contribution in [0.15, 0.2) is 35.4 Å². The number of sulfonamides is 1. The van der Waals surface area contributed by atoms with E-state index >= 15 is 0 Å². The zero-order chi connectivity index (χ0) is 19.8. The van der Waals surface area contributed by atoms with E-state index in [1.54, 1.807) is 12.1 Å². The molecule has 0 radical (unpaired) electrons. The summed E-state index contributed by atoms with van der Waals surface area (Å²) in [6.45, 7) is 2.17. The van der Waals surface area contributed by atoms with Crippen molar-refractivity contribution in [1.29, 1.82) is 0 Å². The van der Waals surface area contributed by atoms with E-state index in [-0.39, 0.29) is 16.4 Å². The van der Waals surface area contributed by atoms with Gasteiger partial charge in [0.1, 0.15) is 10.6 Å². The number of nitrogens with one attached hydrogen (secondary N) is 1. The van der Waals surface area contributed by atoms with Gasteiger partial charge in [0.2, 0.25) is 15.8 Å². The van der Waals surface area contributed by atoms with Gasteiger partial charge in [0, 0.05) is 7.05 Å². The molecule has 0 bridgehead atoms. The van der Waals surface area contributed by atoms with Crippen LogP contribution in [0.25, 0.3) is 0 Å². The highest BCUT2D eigenvalue weighted by molar-refractivity contribution is 7.89. The lowest BCUT2D eigenvalue weighted by atomic mass is 10.3. The van der Waals surface area contributed by atoms with E-state index in [1.807, 2.05) is 36.1 Å². The van der Waals surface area contributed by atoms with Crippen molar-refractivity contribution in [3.63, 3.8) is 0 Å². The maximum atomic E-state index is 12.5. The summed E-state index contributed by atoms with van der Waals surface area (Å²) < 4.78 is 27.3. The molecule has 0 spiro atoms. The van der Waals surface area contributed by atoms with Gasteiger partial charge in [-0.3, -0.25) is 9.63 Å². The molecule has 11 heteroatoms. The molecule has 3 N–H and O–H groups in total. The second-order valence-electron chi connectivity index (χ2n) is 5.73. The summed E-state index contributed by atoms with van der Waals surface area (Å²) in [6, 6.07) is 7.44. The van der Waals surface area contributed by atoms with Gasteiger partial charge < -0.3 is 10.6 Å². The molecule has 1 aliphatic rings. The third-order valence-electron chi connectivity index (χ3n) is 4.16. The number of hydrogen-bond donors (Lipinski definition) is 2. The molecular weight excluding hydrogens is 372 g/mol. The molecule has 27 heavy (non-hydrogen) atoms. The van der Waals surface area contributed by atoms with Gasteiger partial charge in [-0.25, -0.2) is 28.2 Å². The van der Waals surface area contributed by atoms with Gasteiger partial charge in [-0.2, -0.15) is 0 Å². The number of aromatic nitrogens is 2. The number of fused-ring (bicyclic) bond motifs is 1. The maximum absolute atomic E-state index is 12.5. The number of nitrogens with zero attached hydrogens (tertiary/aromatic N) is 4. The molecule has 1 unspecified atom stereocenters. The Labute approximate surface area is 157 Å². The summed E-state index contributed by atoms with van der Waals surface area (Å²) in [5, 5.41) is 1.57. The highest BCUT2D eigenvalue weighted by Crippen LogP contribution is 2.45. The Morgan fingerprint density at radius 2 is 2.00 bits per heavy atom. The summed E-state index contributed by atoms with van der Waals surface area (Å²) in [7, 11) is -0.826. The Morgan fingerprint density at radius 1 is 1.33 bits per heavy atom. The predicted octanol–water partition coefficient (Wildman–Crippen LogP) is 0.390. The van der Waals surface area contributed by atoms with Crippen molar-refractivity contribution in [2.24, 2.45) is 5.73 Å². The second kappa shape index (κ2) is 7.10.